The number of nitrogens with one attached hydrogen (secondary N) is 2. The maximum Gasteiger partial charge on any atom is 0.307 e. The number of ether oxygens (including phenoxy) is 1. The zero-order valence-electron chi connectivity index (χ0n) is 15.2. The molecule has 136 valence electrons. The molecular formula is C19H27N3O2S. The van der Waals surface area contributed by atoms with E-state index in [9.17, 15) is 4.79 Å². The molecule has 2 unspecified atom stereocenters. The molecule has 6 heteroatoms. The number of carbonyl (C=O) groups excluding carboxylic acids is 1. The average Bonchev–Trinajstić information content (AvgIpc) is 2.95. The van der Waals surface area contributed by atoms with E-state index >= 15 is 0 Å². The Hall–Kier alpha value is -1.53. The monoisotopic (exact) mass is 361 g/mol. The summed E-state index contributed by atoms with van der Waals surface area (Å²) in [6.07, 6.45) is 2.69. The van der Waals surface area contributed by atoms with Gasteiger partial charge in [0.25, 0.3) is 0 Å². The summed E-state index contributed by atoms with van der Waals surface area (Å²) in [4.78, 5) is 20.4. The average molecular weight is 362 g/mol. The van der Waals surface area contributed by atoms with Crippen molar-refractivity contribution in [1.29, 1.82) is 0 Å². The number of fused-ring (bicyclic) bond motifs is 1. The lowest BCUT2D eigenvalue weighted by molar-refractivity contribution is -0.155. The molecule has 1 fully saturated rings. The van der Waals surface area contributed by atoms with E-state index in [1.807, 2.05) is 45.0 Å². The molecule has 0 aliphatic carbocycles. The molecule has 1 aromatic heterocycles. The number of imidazole rings is 1. The van der Waals surface area contributed by atoms with Gasteiger partial charge in [-0.25, -0.2) is 4.98 Å². The van der Waals surface area contributed by atoms with Crippen LogP contribution in [0.2, 0.25) is 0 Å². The molecular weight excluding hydrogens is 334 g/mol. The molecule has 5 nitrogen and oxygen atoms in total. The summed E-state index contributed by atoms with van der Waals surface area (Å²) < 4.78 is 5.55. The van der Waals surface area contributed by atoms with E-state index in [1.54, 1.807) is 11.8 Å². The van der Waals surface area contributed by atoms with Gasteiger partial charge in [-0.1, -0.05) is 23.9 Å². The molecule has 2 atom stereocenters. The number of aromatic nitrogens is 2. The summed E-state index contributed by atoms with van der Waals surface area (Å²) in [5, 5.41) is 4.48. The summed E-state index contributed by atoms with van der Waals surface area (Å²) in [6.45, 7) is 7.74. The number of benzene rings is 1. The normalized spacial score (nSPS) is 19.7. The summed E-state index contributed by atoms with van der Waals surface area (Å²) in [5.41, 5.74) is 1.54. The third-order valence-electron chi connectivity index (χ3n) is 4.28. The molecule has 1 aromatic carbocycles. The SMILES string of the molecule is CC(C)(C)OC(=O)CC(Sc1nc2ccccc2[nH]1)C1CCCNC1. The standard InChI is InChI=1S/C19H27N3O2S/c1-19(2,3)24-17(23)11-16(13-7-6-10-20-12-13)25-18-21-14-8-4-5-9-15(14)22-18/h4-5,8-9,13,16,20H,6-7,10-12H2,1-3H3,(H,21,22). The fraction of sp³-hybridized carbons (Fsp3) is 0.579. The molecule has 2 heterocycles. The number of H-pyrrole nitrogens is 1. The van der Waals surface area contributed by atoms with Crippen LogP contribution < -0.4 is 5.32 Å². The van der Waals surface area contributed by atoms with Gasteiger partial charge < -0.3 is 15.0 Å². The topological polar surface area (TPSA) is 67.0 Å². The number of hydrogen-bond donors (Lipinski definition) is 2. The summed E-state index contributed by atoms with van der Waals surface area (Å²) in [7, 11) is 0. The quantitative estimate of drug-likeness (QED) is 0.627. The molecule has 1 saturated heterocycles. The van der Waals surface area contributed by atoms with Gasteiger partial charge in [0, 0.05) is 5.25 Å². The van der Waals surface area contributed by atoms with E-state index < -0.39 is 5.60 Å². The molecule has 25 heavy (non-hydrogen) atoms. The Balaban J connectivity index is 1.74. The number of nitrogens with zero attached hydrogens (tertiary/aromatic N) is 1. The van der Waals surface area contributed by atoms with Crippen molar-refractivity contribution in [1.82, 2.24) is 15.3 Å². The van der Waals surface area contributed by atoms with Crippen molar-refractivity contribution in [2.75, 3.05) is 13.1 Å². The van der Waals surface area contributed by atoms with E-state index in [4.69, 9.17) is 4.74 Å². The number of piperidine rings is 1. The Morgan fingerprint density at radius 3 is 2.88 bits per heavy atom. The largest absolute Gasteiger partial charge is 0.460 e. The van der Waals surface area contributed by atoms with Crippen LogP contribution in [0, 0.1) is 5.92 Å². The molecule has 1 aliphatic heterocycles. The zero-order valence-corrected chi connectivity index (χ0v) is 16.0. The van der Waals surface area contributed by atoms with Crippen molar-refractivity contribution < 1.29 is 9.53 Å². The fourth-order valence-corrected chi connectivity index (χ4v) is 4.43. The van der Waals surface area contributed by atoms with Gasteiger partial charge in [-0.05, 0) is 64.8 Å². The Kier molecular flexibility index (Phi) is 5.69. The highest BCUT2D eigenvalue weighted by Gasteiger charge is 2.29. The van der Waals surface area contributed by atoms with E-state index in [2.05, 4.69) is 15.3 Å². The highest BCUT2D eigenvalue weighted by atomic mass is 32.2. The minimum absolute atomic E-state index is 0.133. The van der Waals surface area contributed by atoms with E-state index in [0.717, 1.165) is 42.1 Å². The van der Waals surface area contributed by atoms with Crippen LogP contribution in [0.25, 0.3) is 11.0 Å². The van der Waals surface area contributed by atoms with Gasteiger partial charge in [0.1, 0.15) is 5.60 Å². The first-order valence-corrected chi connectivity index (χ1v) is 9.83. The maximum atomic E-state index is 12.4. The van der Waals surface area contributed by atoms with Crippen molar-refractivity contribution in [2.24, 2.45) is 5.92 Å². The van der Waals surface area contributed by atoms with E-state index in [-0.39, 0.29) is 11.2 Å². The van der Waals surface area contributed by atoms with Crippen molar-refractivity contribution >= 4 is 28.8 Å². The van der Waals surface area contributed by atoms with Gasteiger partial charge in [0.2, 0.25) is 0 Å². The lowest BCUT2D eigenvalue weighted by Crippen LogP contribution is -2.37. The van der Waals surface area contributed by atoms with Crippen LogP contribution in [0.3, 0.4) is 0 Å². The fourth-order valence-electron chi connectivity index (χ4n) is 3.18. The number of carbonyl (C=O) groups is 1. The predicted molar refractivity (Wildman–Crippen MR) is 102 cm³/mol. The molecule has 0 amide bonds. The second-order valence-corrected chi connectivity index (χ2v) is 8.84. The van der Waals surface area contributed by atoms with Gasteiger partial charge in [0.05, 0.1) is 17.5 Å². The third kappa shape index (κ3) is 5.22. The number of aromatic amines is 1. The van der Waals surface area contributed by atoms with Gasteiger partial charge >= 0.3 is 5.97 Å². The Morgan fingerprint density at radius 1 is 1.40 bits per heavy atom. The first-order chi connectivity index (χ1) is 11.9. The van der Waals surface area contributed by atoms with Crippen LogP contribution >= 0.6 is 11.8 Å². The number of hydrogen-bond acceptors (Lipinski definition) is 5. The predicted octanol–water partition coefficient (Wildman–Crippen LogP) is 3.76. The van der Waals surface area contributed by atoms with Crippen LogP contribution in [0.5, 0.6) is 0 Å². The second kappa shape index (κ2) is 7.79. The first-order valence-electron chi connectivity index (χ1n) is 8.95. The Morgan fingerprint density at radius 2 is 2.20 bits per heavy atom. The summed E-state index contributed by atoms with van der Waals surface area (Å²) in [6, 6.07) is 8.01. The van der Waals surface area contributed by atoms with Gasteiger partial charge in [-0.2, -0.15) is 0 Å². The van der Waals surface area contributed by atoms with Crippen LogP contribution in [-0.4, -0.2) is 39.9 Å². The highest BCUT2D eigenvalue weighted by molar-refractivity contribution is 7.99. The minimum atomic E-state index is -0.448. The molecule has 2 aromatic rings. The molecule has 0 radical (unpaired) electrons. The van der Waals surface area contributed by atoms with Crippen LogP contribution in [0.4, 0.5) is 0 Å². The highest BCUT2D eigenvalue weighted by Crippen LogP contribution is 2.33. The lowest BCUT2D eigenvalue weighted by atomic mass is 9.94. The lowest BCUT2D eigenvalue weighted by Gasteiger charge is -2.30. The van der Waals surface area contributed by atoms with Crippen LogP contribution in [0.15, 0.2) is 29.4 Å². The summed E-state index contributed by atoms with van der Waals surface area (Å²) >= 11 is 1.67. The van der Waals surface area contributed by atoms with Gasteiger partial charge in [0.15, 0.2) is 5.16 Å². The van der Waals surface area contributed by atoms with Crippen molar-refractivity contribution in [3.8, 4) is 0 Å². The molecule has 0 spiro atoms. The number of para-hydroxylation sites is 2. The van der Waals surface area contributed by atoms with Crippen molar-refractivity contribution in [3.05, 3.63) is 24.3 Å². The van der Waals surface area contributed by atoms with Crippen LogP contribution in [0.1, 0.15) is 40.0 Å². The molecule has 3 rings (SSSR count). The number of thioether (sulfide) groups is 1. The van der Waals surface area contributed by atoms with Gasteiger partial charge in [-0.15, -0.1) is 0 Å². The maximum absolute atomic E-state index is 12.4. The Labute approximate surface area is 153 Å². The van der Waals surface area contributed by atoms with E-state index in [0.29, 0.717) is 12.3 Å². The summed E-state index contributed by atoms with van der Waals surface area (Å²) in [5.74, 6) is 0.311. The molecule has 1 aliphatic rings. The number of rotatable bonds is 5. The second-order valence-electron chi connectivity index (χ2n) is 7.61. The smallest absolute Gasteiger partial charge is 0.307 e. The van der Waals surface area contributed by atoms with Crippen LogP contribution in [-0.2, 0) is 9.53 Å². The Bertz CT molecular complexity index is 684. The molecule has 0 saturated carbocycles. The zero-order chi connectivity index (χ0) is 17.9. The first kappa shape index (κ1) is 18.3. The molecule has 0 bridgehead atoms. The minimum Gasteiger partial charge on any atom is -0.460 e. The third-order valence-corrected chi connectivity index (χ3v) is 5.55. The van der Waals surface area contributed by atoms with Crippen molar-refractivity contribution in [2.45, 2.75) is 56.0 Å². The number of esters is 1. The van der Waals surface area contributed by atoms with Crippen molar-refractivity contribution in [3.63, 3.8) is 0 Å². The van der Waals surface area contributed by atoms with Gasteiger partial charge in [-0.3, -0.25) is 4.79 Å². The van der Waals surface area contributed by atoms with E-state index in [1.165, 1.54) is 0 Å². The molecule has 2 N–H and O–H groups in total.